The zero-order valence-corrected chi connectivity index (χ0v) is 29.7. The van der Waals surface area contributed by atoms with Crippen molar-refractivity contribution in [3.63, 3.8) is 0 Å². The second kappa shape index (κ2) is 18.2. The molecule has 11 nitrogen and oxygen atoms in total. The summed E-state index contributed by atoms with van der Waals surface area (Å²) in [5.74, 6) is -2.91. The molecular weight excluding hydrogens is 674 g/mol. The van der Waals surface area contributed by atoms with E-state index < -0.39 is 52.0 Å². The van der Waals surface area contributed by atoms with Crippen LogP contribution in [0.1, 0.15) is 63.0 Å². The van der Waals surface area contributed by atoms with Crippen molar-refractivity contribution in [1.82, 2.24) is 9.62 Å². The molecule has 0 bridgehead atoms. The van der Waals surface area contributed by atoms with E-state index in [9.17, 15) is 27.1 Å². The van der Waals surface area contributed by atoms with E-state index in [1.165, 1.54) is 17.5 Å². The summed E-state index contributed by atoms with van der Waals surface area (Å²) in [4.78, 5) is 13.5. The summed E-state index contributed by atoms with van der Waals surface area (Å²) in [5, 5.41) is 15.1. The summed E-state index contributed by atoms with van der Waals surface area (Å²) in [6.45, 7) is 3.56. The standard InChI is InChI=1S/C36H50F2N2O9S/c1-3-39-30-22-47-36-35(30)32(23-48-36)49-34(42)18-25(14-24-15-27(37)19-28(38)16-24)31(41)20-40-12-8-6-4-5-7-9-13-46-21-26-17-29(45-2)10-11-33(26)50(40,43)44/h10-11,15-17,19,25,30-32,35-36,39,41H,3-9,12-14,18,20-23H2,1-2H3/t25-,30+,31-,32+,35+,36-/m1/s1. The Balaban J connectivity index is 1.39. The summed E-state index contributed by atoms with van der Waals surface area (Å²) < 4.78 is 86.9. The Morgan fingerprint density at radius 3 is 2.50 bits per heavy atom. The van der Waals surface area contributed by atoms with Gasteiger partial charge in [-0.2, -0.15) is 4.31 Å². The Bertz CT molecular complexity index is 1510. The van der Waals surface area contributed by atoms with Crippen molar-refractivity contribution >= 4 is 16.0 Å². The van der Waals surface area contributed by atoms with Gasteiger partial charge in [-0.3, -0.25) is 4.79 Å². The van der Waals surface area contributed by atoms with Crippen molar-refractivity contribution in [2.45, 2.75) is 94.3 Å². The van der Waals surface area contributed by atoms with E-state index >= 15 is 0 Å². The molecule has 5 rings (SSSR count). The largest absolute Gasteiger partial charge is 0.497 e. The number of likely N-dealkylation sites (N-methyl/N-ethyl adjacent to an activating group) is 1. The summed E-state index contributed by atoms with van der Waals surface area (Å²) in [6.07, 6.45) is 2.24. The zero-order chi connectivity index (χ0) is 35.7. The molecule has 278 valence electrons. The van der Waals surface area contributed by atoms with Gasteiger partial charge in [0, 0.05) is 43.3 Å². The summed E-state index contributed by atoms with van der Waals surface area (Å²) in [6, 6.07) is 7.64. The van der Waals surface area contributed by atoms with Gasteiger partial charge in [0.2, 0.25) is 10.0 Å². The molecule has 2 aromatic rings. The van der Waals surface area contributed by atoms with Gasteiger partial charge >= 0.3 is 5.97 Å². The lowest BCUT2D eigenvalue weighted by Gasteiger charge is -2.30. The average Bonchev–Trinajstić information content (AvgIpc) is 3.66. The number of methoxy groups -OCH3 is 1. The van der Waals surface area contributed by atoms with E-state index in [1.807, 2.05) is 6.92 Å². The van der Waals surface area contributed by atoms with Crippen LogP contribution in [0.4, 0.5) is 8.78 Å². The van der Waals surface area contributed by atoms with Crippen LogP contribution in [-0.4, -0.2) is 94.9 Å². The van der Waals surface area contributed by atoms with Gasteiger partial charge in [0.15, 0.2) is 6.29 Å². The number of aliphatic hydroxyl groups excluding tert-OH is 1. The fourth-order valence-electron chi connectivity index (χ4n) is 7.12. The van der Waals surface area contributed by atoms with E-state index in [0.29, 0.717) is 37.5 Å². The van der Waals surface area contributed by atoms with Gasteiger partial charge in [0.1, 0.15) is 23.5 Å². The molecule has 3 aliphatic rings. The number of ether oxygens (including phenoxy) is 5. The number of carbonyl (C=O) groups excluding carboxylic acids is 1. The first-order chi connectivity index (χ1) is 24.1. The third-order valence-electron chi connectivity index (χ3n) is 9.70. The van der Waals surface area contributed by atoms with E-state index in [1.54, 1.807) is 12.1 Å². The third kappa shape index (κ3) is 9.99. The molecule has 3 aliphatic heterocycles. The Hall–Kier alpha value is -2.72. The van der Waals surface area contributed by atoms with Crippen LogP contribution in [-0.2, 0) is 46.8 Å². The first-order valence-electron chi connectivity index (χ1n) is 17.6. The summed E-state index contributed by atoms with van der Waals surface area (Å²) in [7, 11) is -2.68. The zero-order valence-electron chi connectivity index (χ0n) is 28.9. The highest BCUT2D eigenvalue weighted by molar-refractivity contribution is 7.89. The number of rotatable bonds is 11. The van der Waals surface area contributed by atoms with Gasteiger partial charge in [0.05, 0.1) is 50.3 Å². The molecule has 0 spiro atoms. The number of halogens is 2. The molecule has 6 atom stereocenters. The van der Waals surface area contributed by atoms with Gasteiger partial charge in [-0.05, 0) is 61.7 Å². The molecule has 14 heteroatoms. The number of nitrogens with zero attached hydrogens (tertiary/aromatic N) is 1. The quantitative estimate of drug-likeness (QED) is 0.323. The van der Waals surface area contributed by atoms with Crippen LogP contribution in [0, 0.1) is 23.5 Å². The molecule has 3 heterocycles. The normalized spacial score (nSPS) is 25.9. The lowest BCUT2D eigenvalue weighted by atomic mass is 9.90. The van der Waals surface area contributed by atoms with Gasteiger partial charge in [0.25, 0.3) is 0 Å². The molecule has 0 aliphatic carbocycles. The fraction of sp³-hybridized carbons (Fsp3) is 0.639. The SMILES string of the molecule is CCN[C@H]1CO[C@@H]2OC[C@H](OC(=O)C[C@@H](Cc3cc(F)cc(F)c3)[C@H](O)CN3CCCCCCCCOCc4cc(OC)ccc4S3(=O)=O)[C@@H]21. The maximum Gasteiger partial charge on any atom is 0.306 e. The van der Waals surface area contributed by atoms with Crippen LogP contribution in [0.5, 0.6) is 5.75 Å². The van der Waals surface area contributed by atoms with Crippen LogP contribution in [0.15, 0.2) is 41.3 Å². The number of hydrogen-bond donors (Lipinski definition) is 2. The van der Waals surface area contributed by atoms with Crippen molar-refractivity contribution < 1.29 is 50.8 Å². The molecule has 0 unspecified atom stereocenters. The first kappa shape index (κ1) is 38.5. The molecule has 2 aromatic carbocycles. The van der Waals surface area contributed by atoms with Crippen molar-refractivity contribution in [3.8, 4) is 5.75 Å². The minimum Gasteiger partial charge on any atom is -0.497 e. The number of nitrogens with one attached hydrogen (secondary N) is 1. The van der Waals surface area contributed by atoms with Crippen LogP contribution in [0.2, 0.25) is 0 Å². The predicted molar refractivity (Wildman–Crippen MR) is 180 cm³/mol. The van der Waals surface area contributed by atoms with E-state index in [-0.39, 0.29) is 61.6 Å². The first-order valence-corrected chi connectivity index (χ1v) is 19.1. The van der Waals surface area contributed by atoms with Gasteiger partial charge in [-0.1, -0.05) is 32.6 Å². The molecule has 50 heavy (non-hydrogen) atoms. The highest BCUT2D eigenvalue weighted by atomic mass is 32.2. The number of carbonyl (C=O) groups is 1. The maximum atomic E-state index is 14.3. The highest BCUT2D eigenvalue weighted by Crippen LogP contribution is 2.34. The monoisotopic (exact) mass is 724 g/mol. The predicted octanol–water partition coefficient (Wildman–Crippen LogP) is 4.34. The fourth-order valence-corrected chi connectivity index (χ4v) is 8.80. The number of hydrogen-bond acceptors (Lipinski definition) is 10. The van der Waals surface area contributed by atoms with E-state index in [4.69, 9.17) is 23.7 Å². The maximum absolute atomic E-state index is 14.3. The minimum atomic E-state index is -4.18. The van der Waals surface area contributed by atoms with Crippen molar-refractivity contribution in [2.75, 3.05) is 46.6 Å². The van der Waals surface area contributed by atoms with Crippen LogP contribution >= 0.6 is 0 Å². The van der Waals surface area contributed by atoms with Crippen LogP contribution in [0.25, 0.3) is 0 Å². The van der Waals surface area contributed by atoms with Gasteiger partial charge in [-0.15, -0.1) is 0 Å². The molecule has 0 aromatic heterocycles. The van der Waals surface area contributed by atoms with Crippen molar-refractivity contribution in [2.24, 2.45) is 11.8 Å². The molecule has 2 N–H and O–H groups in total. The molecule has 2 fully saturated rings. The number of benzene rings is 2. The second-order valence-electron chi connectivity index (χ2n) is 13.3. The molecule has 0 amide bonds. The summed E-state index contributed by atoms with van der Waals surface area (Å²) in [5.41, 5.74) is 0.651. The van der Waals surface area contributed by atoms with E-state index in [2.05, 4.69) is 5.32 Å². The molecule has 2 saturated heterocycles. The summed E-state index contributed by atoms with van der Waals surface area (Å²) >= 11 is 0. The number of sulfonamides is 1. The molecule has 0 saturated carbocycles. The molecule has 0 radical (unpaired) electrons. The average molecular weight is 725 g/mol. The smallest absolute Gasteiger partial charge is 0.306 e. The van der Waals surface area contributed by atoms with Crippen LogP contribution in [0.3, 0.4) is 0 Å². The number of β-amino-alcohol motifs (C(OH)–C–C–N with tert-alkyl or cyclic N) is 1. The Kier molecular flexibility index (Phi) is 14.0. The minimum absolute atomic E-state index is 0.0375. The number of aliphatic hydroxyl groups is 1. The lowest BCUT2D eigenvalue weighted by molar-refractivity contribution is -0.153. The van der Waals surface area contributed by atoms with Crippen molar-refractivity contribution in [1.29, 1.82) is 0 Å². The second-order valence-corrected chi connectivity index (χ2v) is 15.2. The Morgan fingerprint density at radius 2 is 1.76 bits per heavy atom. The van der Waals surface area contributed by atoms with Crippen LogP contribution < -0.4 is 10.1 Å². The Labute approximate surface area is 293 Å². The van der Waals surface area contributed by atoms with E-state index in [0.717, 1.165) is 50.3 Å². The lowest BCUT2D eigenvalue weighted by Crippen LogP contribution is -2.44. The number of esters is 1. The third-order valence-corrected chi connectivity index (χ3v) is 11.7. The number of fused-ring (bicyclic) bond motifs is 2. The van der Waals surface area contributed by atoms with Gasteiger partial charge in [-0.25, -0.2) is 17.2 Å². The molecular formula is C36H50F2N2O9S. The Morgan fingerprint density at radius 1 is 1.04 bits per heavy atom. The topological polar surface area (TPSA) is 133 Å². The van der Waals surface area contributed by atoms with Crippen molar-refractivity contribution in [3.05, 3.63) is 59.2 Å². The van der Waals surface area contributed by atoms with Gasteiger partial charge < -0.3 is 34.1 Å². The highest BCUT2D eigenvalue weighted by Gasteiger charge is 2.49.